The van der Waals surface area contributed by atoms with Gasteiger partial charge >= 0.3 is 0 Å². The molecule has 1 heterocycles. The third-order valence-electron chi connectivity index (χ3n) is 7.58. The third kappa shape index (κ3) is 5.64. The van der Waals surface area contributed by atoms with E-state index in [9.17, 15) is 9.59 Å². The van der Waals surface area contributed by atoms with Crippen LogP contribution in [0.25, 0.3) is 0 Å². The number of ether oxygens (including phenoxy) is 3. The molecule has 0 bridgehead atoms. The molecule has 2 aliphatic carbocycles. The van der Waals surface area contributed by atoms with Crippen molar-refractivity contribution in [1.29, 1.82) is 0 Å². The number of Topliss-reactive ketones (excluding diaryl/α,β-unsaturated/α-hetero) is 2. The van der Waals surface area contributed by atoms with Gasteiger partial charge in [0.15, 0.2) is 23.1 Å². The number of hydrogen-bond acceptors (Lipinski definition) is 5. The minimum absolute atomic E-state index is 0.0439. The second-order valence-corrected chi connectivity index (χ2v) is 13.8. The van der Waals surface area contributed by atoms with Gasteiger partial charge in [-0.15, -0.1) is 0 Å². The van der Waals surface area contributed by atoms with E-state index in [1.807, 2.05) is 43.3 Å². The summed E-state index contributed by atoms with van der Waals surface area (Å²) in [6.45, 7) is 11.0. The van der Waals surface area contributed by atoms with Gasteiger partial charge < -0.3 is 14.2 Å². The SMILES string of the molecule is CCOc1cc(C2C3=C(CC(C)(C)CC3=O)OC3=C2C(=O)CC(C)(C)C3)cc(I)c1OCc1ccccc1Cl. The molecule has 2 aromatic carbocycles. The monoisotopic (exact) mass is 660 g/mol. The molecule has 0 amide bonds. The van der Waals surface area contributed by atoms with E-state index in [1.165, 1.54) is 0 Å². The lowest BCUT2D eigenvalue weighted by molar-refractivity contribution is -0.120. The Hall–Kier alpha value is -2.32. The minimum Gasteiger partial charge on any atom is -0.490 e. The molecule has 3 aliphatic rings. The highest BCUT2D eigenvalue weighted by Gasteiger charge is 2.48. The number of halogens is 2. The van der Waals surface area contributed by atoms with Gasteiger partial charge in [-0.2, -0.15) is 0 Å². The molecule has 0 radical (unpaired) electrons. The average molecular weight is 661 g/mol. The molecule has 39 heavy (non-hydrogen) atoms. The Labute approximate surface area is 249 Å². The first-order valence-corrected chi connectivity index (χ1v) is 14.9. The summed E-state index contributed by atoms with van der Waals surface area (Å²) in [6.07, 6.45) is 2.15. The maximum absolute atomic E-state index is 13.6. The average Bonchev–Trinajstić information content (AvgIpc) is 2.81. The van der Waals surface area contributed by atoms with E-state index in [0.29, 0.717) is 71.5 Å². The predicted octanol–water partition coefficient (Wildman–Crippen LogP) is 8.32. The predicted molar refractivity (Wildman–Crippen MR) is 160 cm³/mol. The van der Waals surface area contributed by atoms with Crippen LogP contribution in [0.4, 0.5) is 0 Å². The quantitative estimate of drug-likeness (QED) is 0.292. The smallest absolute Gasteiger partial charge is 0.174 e. The topological polar surface area (TPSA) is 61.8 Å². The first kappa shape index (κ1) is 28.2. The first-order chi connectivity index (χ1) is 18.4. The Balaban J connectivity index is 1.62. The zero-order valence-corrected chi connectivity index (χ0v) is 26.0. The molecule has 0 saturated carbocycles. The molecule has 2 aromatic rings. The van der Waals surface area contributed by atoms with Crippen LogP contribution in [0.2, 0.25) is 5.02 Å². The molecule has 0 N–H and O–H groups in total. The molecule has 0 unspecified atom stereocenters. The molecule has 206 valence electrons. The number of ketones is 2. The number of allylic oxidation sites excluding steroid dienone is 4. The summed E-state index contributed by atoms with van der Waals surface area (Å²) >= 11 is 8.60. The Morgan fingerprint density at radius 3 is 2.08 bits per heavy atom. The van der Waals surface area contributed by atoms with Crippen LogP contribution in [0.1, 0.15) is 77.3 Å². The highest BCUT2D eigenvalue weighted by Crippen LogP contribution is 2.54. The molecule has 5 rings (SSSR count). The van der Waals surface area contributed by atoms with Crippen LogP contribution in [-0.4, -0.2) is 18.2 Å². The van der Waals surface area contributed by atoms with E-state index in [1.54, 1.807) is 0 Å². The van der Waals surface area contributed by atoms with Gasteiger partial charge in [-0.1, -0.05) is 57.5 Å². The van der Waals surface area contributed by atoms with Crippen LogP contribution in [0.5, 0.6) is 11.5 Å². The summed E-state index contributed by atoms with van der Waals surface area (Å²) in [5, 5.41) is 0.640. The number of hydrogen-bond donors (Lipinski definition) is 0. The van der Waals surface area contributed by atoms with Crippen molar-refractivity contribution in [2.45, 2.75) is 72.8 Å². The van der Waals surface area contributed by atoms with Crippen LogP contribution in [0.15, 0.2) is 59.1 Å². The largest absolute Gasteiger partial charge is 0.490 e. The van der Waals surface area contributed by atoms with E-state index < -0.39 is 5.92 Å². The Kier molecular flexibility index (Phi) is 7.66. The molecular weight excluding hydrogens is 627 g/mol. The fraction of sp³-hybridized carbons (Fsp3) is 0.438. The summed E-state index contributed by atoms with van der Waals surface area (Å²) in [6, 6.07) is 11.5. The van der Waals surface area contributed by atoms with E-state index in [4.69, 9.17) is 25.8 Å². The van der Waals surface area contributed by atoms with Gasteiger partial charge in [0.25, 0.3) is 0 Å². The molecule has 1 aliphatic heterocycles. The van der Waals surface area contributed by atoms with Crippen molar-refractivity contribution in [3.05, 3.63) is 78.8 Å². The maximum atomic E-state index is 13.6. The second-order valence-electron chi connectivity index (χ2n) is 12.2. The summed E-state index contributed by atoms with van der Waals surface area (Å²) in [4.78, 5) is 27.3. The number of carbonyl (C=O) groups is 2. The van der Waals surface area contributed by atoms with Crippen LogP contribution < -0.4 is 9.47 Å². The summed E-state index contributed by atoms with van der Waals surface area (Å²) in [5.74, 6) is 2.21. The molecular formula is C32H34ClIO5. The highest BCUT2D eigenvalue weighted by molar-refractivity contribution is 14.1. The third-order valence-corrected chi connectivity index (χ3v) is 8.75. The minimum atomic E-state index is -0.485. The standard InChI is InChI=1S/C32H34ClIO5/c1-6-37-24-12-19(11-21(34)30(24)38-17-18-9-7-8-10-20(18)33)27-28-22(35)13-31(2,3)15-25(28)39-26-16-32(4,5)14-23(36)29(26)27/h7-12,27H,6,13-17H2,1-5H3. The Bertz CT molecular complexity index is 1370. The van der Waals surface area contributed by atoms with Gasteiger partial charge in [0.2, 0.25) is 0 Å². The van der Waals surface area contributed by atoms with Gasteiger partial charge in [-0.25, -0.2) is 0 Å². The maximum Gasteiger partial charge on any atom is 0.174 e. The van der Waals surface area contributed by atoms with Gasteiger partial charge in [0, 0.05) is 53.3 Å². The van der Waals surface area contributed by atoms with Crippen LogP contribution in [-0.2, 0) is 20.9 Å². The van der Waals surface area contributed by atoms with Gasteiger partial charge in [0.05, 0.1) is 10.2 Å². The summed E-state index contributed by atoms with van der Waals surface area (Å²) in [5.41, 5.74) is 2.55. The molecule has 0 saturated heterocycles. The van der Waals surface area contributed by atoms with Gasteiger partial charge in [-0.05, 0) is 64.1 Å². The van der Waals surface area contributed by atoms with Crippen molar-refractivity contribution in [2.24, 2.45) is 10.8 Å². The van der Waals surface area contributed by atoms with Gasteiger partial charge in [0.1, 0.15) is 18.1 Å². The van der Waals surface area contributed by atoms with E-state index in [0.717, 1.165) is 14.7 Å². The van der Waals surface area contributed by atoms with Crippen molar-refractivity contribution in [3.63, 3.8) is 0 Å². The number of benzene rings is 2. The summed E-state index contributed by atoms with van der Waals surface area (Å²) in [7, 11) is 0. The van der Waals surface area contributed by atoms with Crippen LogP contribution in [0, 0.1) is 14.4 Å². The Morgan fingerprint density at radius 2 is 1.51 bits per heavy atom. The molecule has 0 spiro atoms. The van der Waals surface area contributed by atoms with Crippen molar-refractivity contribution < 1.29 is 23.8 Å². The molecule has 0 atom stereocenters. The molecule has 5 nitrogen and oxygen atoms in total. The molecule has 7 heteroatoms. The molecule has 0 aromatic heterocycles. The second kappa shape index (κ2) is 10.6. The van der Waals surface area contributed by atoms with Crippen LogP contribution in [0.3, 0.4) is 0 Å². The number of rotatable bonds is 6. The van der Waals surface area contributed by atoms with Crippen molar-refractivity contribution in [2.75, 3.05) is 6.61 Å². The lowest BCUT2D eigenvalue weighted by Gasteiger charge is -2.42. The van der Waals surface area contributed by atoms with Crippen molar-refractivity contribution in [1.82, 2.24) is 0 Å². The lowest BCUT2D eigenvalue weighted by Crippen LogP contribution is -2.37. The van der Waals surface area contributed by atoms with E-state index in [2.05, 4.69) is 50.3 Å². The van der Waals surface area contributed by atoms with Gasteiger partial charge in [-0.3, -0.25) is 9.59 Å². The van der Waals surface area contributed by atoms with Crippen molar-refractivity contribution in [3.8, 4) is 11.5 Å². The Morgan fingerprint density at radius 1 is 0.923 bits per heavy atom. The fourth-order valence-electron chi connectivity index (χ4n) is 5.93. The normalized spacial score (nSPS) is 20.4. The number of carbonyl (C=O) groups excluding carboxylic acids is 2. The summed E-state index contributed by atoms with van der Waals surface area (Å²) < 4.78 is 19.6. The van der Waals surface area contributed by atoms with E-state index >= 15 is 0 Å². The fourth-order valence-corrected chi connectivity index (χ4v) is 6.90. The highest BCUT2D eigenvalue weighted by atomic mass is 127. The van der Waals surface area contributed by atoms with Crippen molar-refractivity contribution >= 4 is 45.8 Å². The zero-order valence-electron chi connectivity index (χ0n) is 23.1. The first-order valence-electron chi connectivity index (χ1n) is 13.4. The zero-order chi connectivity index (χ0) is 28.1. The van der Waals surface area contributed by atoms with E-state index in [-0.39, 0.29) is 29.0 Å². The molecule has 0 fully saturated rings. The lowest BCUT2D eigenvalue weighted by atomic mass is 9.65. The van der Waals surface area contributed by atoms with Crippen LogP contribution >= 0.6 is 34.2 Å².